The molecule has 1 aliphatic heterocycles. The number of benzene rings is 2. The van der Waals surface area contributed by atoms with Gasteiger partial charge in [-0.2, -0.15) is 18.4 Å². The van der Waals surface area contributed by atoms with Crippen LogP contribution >= 0.6 is 24.0 Å². The second-order valence-corrected chi connectivity index (χ2v) is 7.11. The summed E-state index contributed by atoms with van der Waals surface area (Å²) in [5.41, 5.74) is -0.583. The topological polar surface area (TPSA) is 71.3 Å². The van der Waals surface area contributed by atoms with Crippen LogP contribution in [0.3, 0.4) is 0 Å². The maximum atomic E-state index is 13.3. The Hall–Kier alpha value is -3.03. The molecule has 1 amide bonds. The Morgan fingerprint density at radius 2 is 1.90 bits per heavy atom. The molecule has 0 atom stereocenters. The first-order chi connectivity index (χ1) is 13.7. The number of methoxy groups -OCH3 is 1. The van der Waals surface area contributed by atoms with Gasteiger partial charge >= 0.3 is 6.18 Å². The molecule has 0 spiro atoms. The molecular formula is C19H11F3N2O3S2. The maximum Gasteiger partial charge on any atom is 0.420 e. The third-order valence-corrected chi connectivity index (χ3v) is 5.04. The van der Waals surface area contributed by atoms with E-state index in [0.717, 1.165) is 23.9 Å². The summed E-state index contributed by atoms with van der Waals surface area (Å²) in [6, 6.07) is 9.30. The molecule has 1 saturated heterocycles. The van der Waals surface area contributed by atoms with Gasteiger partial charge < -0.3 is 14.8 Å². The molecule has 2 aromatic rings. The van der Waals surface area contributed by atoms with E-state index in [1.807, 2.05) is 0 Å². The maximum absolute atomic E-state index is 13.3. The van der Waals surface area contributed by atoms with Crippen LogP contribution in [-0.2, 0) is 6.18 Å². The number of carbonyl (C=O) groups excluding carboxylic acids is 1. The van der Waals surface area contributed by atoms with Gasteiger partial charge in [-0.25, -0.2) is 0 Å². The highest BCUT2D eigenvalue weighted by Crippen LogP contribution is 2.41. The van der Waals surface area contributed by atoms with E-state index in [2.05, 4.69) is 5.32 Å². The third kappa shape index (κ3) is 4.70. The van der Waals surface area contributed by atoms with Gasteiger partial charge in [-0.05, 0) is 53.7 Å². The zero-order chi connectivity index (χ0) is 21.2. The molecule has 2 aromatic carbocycles. The number of rotatable bonds is 4. The monoisotopic (exact) mass is 436 g/mol. The van der Waals surface area contributed by atoms with Crippen LogP contribution in [-0.4, -0.2) is 17.3 Å². The molecule has 0 aromatic heterocycles. The molecule has 0 aliphatic carbocycles. The van der Waals surface area contributed by atoms with Crippen molar-refractivity contribution in [3.63, 3.8) is 0 Å². The Kier molecular flexibility index (Phi) is 5.81. The van der Waals surface area contributed by atoms with Crippen LogP contribution in [0.15, 0.2) is 41.3 Å². The van der Waals surface area contributed by atoms with Crippen LogP contribution < -0.4 is 14.8 Å². The van der Waals surface area contributed by atoms with Crippen molar-refractivity contribution in [2.75, 3.05) is 7.11 Å². The molecule has 148 valence electrons. The summed E-state index contributed by atoms with van der Waals surface area (Å²) in [4.78, 5) is 12.2. The Bertz CT molecular complexity index is 1080. The highest BCUT2D eigenvalue weighted by atomic mass is 32.2. The van der Waals surface area contributed by atoms with Gasteiger partial charge in [0, 0.05) is 0 Å². The molecule has 1 aliphatic rings. The first-order valence-corrected chi connectivity index (χ1v) is 9.16. The second-order valence-electron chi connectivity index (χ2n) is 5.69. The van der Waals surface area contributed by atoms with E-state index in [1.165, 1.54) is 19.2 Å². The average molecular weight is 436 g/mol. The van der Waals surface area contributed by atoms with Gasteiger partial charge in [-0.15, -0.1) is 0 Å². The lowest BCUT2D eigenvalue weighted by atomic mass is 10.1. The number of thioether (sulfide) groups is 1. The van der Waals surface area contributed by atoms with Crippen LogP contribution in [0.5, 0.6) is 17.2 Å². The lowest BCUT2D eigenvalue weighted by Crippen LogP contribution is -2.15. The molecule has 0 unspecified atom stereocenters. The lowest BCUT2D eigenvalue weighted by molar-refractivity contribution is -0.138. The average Bonchev–Trinajstić information content (AvgIpc) is 2.99. The number of ether oxygens (including phenoxy) is 2. The number of carbonyl (C=O) groups is 1. The van der Waals surface area contributed by atoms with Crippen molar-refractivity contribution < 1.29 is 27.4 Å². The molecule has 1 N–H and O–H groups in total. The molecule has 10 heteroatoms. The first-order valence-electron chi connectivity index (χ1n) is 7.93. The van der Waals surface area contributed by atoms with Crippen molar-refractivity contribution in [1.82, 2.24) is 5.32 Å². The highest BCUT2D eigenvalue weighted by Gasteiger charge is 2.35. The summed E-state index contributed by atoms with van der Waals surface area (Å²) in [6.07, 6.45) is -3.05. The van der Waals surface area contributed by atoms with Crippen LogP contribution in [0.25, 0.3) is 6.08 Å². The molecule has 3 rings (SSSR count). The van der Waals surface area contributed by atoms with E-state index in [-0.39, 0.29) is 22.3 Å². The smallest absolute Gasteiger partial charge is 0.420 e. The van der Waals surface area contributed by atoms with Crippen molar-refractivity contribution in [3.05, 3.63) is 58.0 Å². The quantitative estimate of drug-likeness (QED) is 0.504. The molecule has 5 nitrogen and oxygen atoms in total. The summed E-state index contributed by atoms with van der Waals surface area (Å²) in [5.74, 6) is -0.214. The predicted octanol–water partition coefficient (Wildman–Crippen LogP) is 5.50. The van der Waals surface area contributed by atoms with Crippen LogP contribution in [0, 0.1) is 11.3 Å². The molecule has 0 bridgehead atoms. The lowest BCUT2D eigenvalue weighted by Gasteiger charge is -2.16. The minimum atomic E-state index is -4.70. The van der Waals surface area contributed by atoms with Gasteiger partial charge in [0.05, 0.1) is 29.2 Å². The molecule has 29 heavy (non-hydrogen) atoms. The van der Waals surface area contributed by atoms with Crippen LogP contribution in [0.1, 0.15) is 16.7 Å². The summed E-state index contributed by atoms with van der Waals surface area (Å²) in [6.45, 7) is 0. The Morgan fingerprint density at radius 1 is 1.17 bits per heavy atom. The molecule has 1 fully saturated rings. The van der Waals surface area contributed by atoms with Gasteiger partial charge in [-0.3, -0.25) is 4.79 Å². The van der Waals surface area contributed by atoms with E-state index in [0.29, 0.717) is 15.5 Å². The van der Waals surface area contributed by atoms with Crippen molar-refractivity contribution >= 4 is 40.3 Å². The summed E-state index contributed by atoms with van der Waals surface area (Å²) in [7, 11) is 1.35. The highest BCUT2D eigenvalue weighted by molar-refractivity contribution is 8.19. The van der Waals surface area contributed by atoms with Crippen molar-refractivity contribution in [2.24, 2.45) is 0 Å². The number of amides is 1. The SMILES string of the molecule is COc1cc(C=C2SC(=O)NC2=S)ccc1Oc1ccc(C#N)cc1C(F)(F)F. The summed E-state index contributed by atoms with van der Waals surface area (Å²) < 4.78 is 50.7. The molecule has 0 radical (unpaired) electrons. The number of thiocarbonyl (C=S) groups is 1. The van der Waals surface area contributed by atoms with E-state index in [4.69, 9.17) is 27.0 Å². The Labute approximate surface area is 173 Å². The fourth-order valence-electron chi connectivity index (χ4n) is 2.46. The van der Waals surface area contributed by atoms with Gasteiger partial charge in [0.2, 0.25) is 0 Å². The number of hydrogen-bond donors (Lipinski definition) is 1. The minimum absolute atomic E-state index is 0.0562. The Balaban J connectivity index is 1.95. The summed E-state index contributed by atoms with van der Waals surface area (Å²) >= 11 is 6.00. The number of hydrogen-bond acceptors (Lipinski definition) is 6. The number of alkyl halides is 3. The van der Waals surface area contributed by atoms with E-state index >= 15 is 0 Å². The summed E-state index contributed by atoms with van der Waals surface area (Å²) in [5, 5.41) is 11.1. The van der Waals surface area contributed by atoms with Crippen LogP contribution in [0.2, 0.25) is 0 Å². The minimum Gasteiger partial charge on any atom is -0.493 e. The molecule has 0 saturated carbocycles. The standard InChI is InChI=1S/C19H11F3N2O3S2/c1-26-15-7-10(8-16-17(28)24-18(25)29-16)2-5-14(15)27-13-4-3-11(9-23)6-12(13)19(20,21)22/h2-8H,1H3,(H,24,25,28). The fraction of sp³-hybridized carbons (Fsp3) is 0.105. The number of nitrogens with one attached hydrogen (secondary N) is 1. The van der Waals surface area contributed by atoms with Gasteiger partial charge in [0.15, 0.2) is 11.5 Å². The number of nitrogens with zero attached hydrogens (tertiary/aromatic N) is 1. The number of nitriles is 1. The van der Waals surface area contributed by atoms with E-state index in [9.17, 15) is 18.0 Å². The zero-order valence-corrected chi connectivity index (χ0v) is 16.3. The molecular weight excluding hydrogens is 425 g/mol. The zero-order valence-electron chi connectivity index (χ0n) is 14.7. The van der Waals surface area contributed by atoms with Crippen molar-refractivity contribution in [1.29, 1.82) is 5.26 Å². The van der Waals surface area contributed by atoms with Gasteiger partial charge in [0.1, 0.15) is 10.7 Å². The molecule has 1 heterocycles. The first kappa shape index (κ1) is 20.7. The predicted molar refractivity (Wildman–Crippen MR) is 106 cm³/mol. The third-order valence-electron chi connectivity index (χ3n) is 3.76. The number of halogens is 3. The van der Waals surface area contributed by atoms with Gasteiger partial charge in [0.25, 0.3) is 5.24 Å². The van der Waals surface area contributed by atoms with E-state index in [1.54, 1.807) is 24.3 Å². The largest absolute Gasteiger partial charge is 0.493 e. The van der Waals surface area contributed by atoms with Gasteiger partial charge in [-0.1, -0.05) is 18.3 Å². The van der Waals surface area contributed by atoms with E-state index < -0.39 is 17.5 Å². The van der Waals surface area contributed by atoms with Crippen molar-refractivity contribution in [3.8, 4) is 23.3 Å². The second kappa shape index (κ2) is 8.14. The van der Waals surface area contributed by atoms with Crippen molar-refractivity contribution in [2.45, 2.75) is 6.18 Å². The fourth-order valence-corrected chi connectivity index (χ4v) is 3.49. The normalized spacial score (nSPS) is 15.2. The van der Waals surface area contributed by atoms with Crippen LogP contribution in [0.4, 0.5) is 18.0 Å². The Morgan fingerprint density at radius 3 is 2.48 bits per heavy atom.